The number of aliphatic hydroxyl groups is 1. The lowest BCUT2D eigenvalue weighted by Gasteiger charge is -2.21. The van der Waals surface area contributed by atoms with E-state index in [-0.39, 0.29) is 18.4 Å². The molecule has 1 heterocycles. The van der Waals surface area contributed by atoms with E-state index < -0.39 is 20.5 Å². The van der Waals surface area contributed by atoms with Crippen LogP contribution < -0.4 is 0 Å². The van der Waals surface area contributed by atoms with Crippen LogP contribution in [0, 0.1) is 0 Å². The van der Waals surface area contributed by atoms with Gasteiger partial charge in [0.25, 0.3) is 10.1 Å². The van der Waals surface area contributed by atoms with E-state index in [1.807, 2.05) is 0 Å². The Labute approximate surface area is 112 Å². The quantitative estimate of drug-likeness (QED) is 0.415. The minimum atomic E-state index is -4.92. The van der Waals surface area contributed by atoms with Gasteiger partial charge in [-0.05, 0) is 32.4 Å². The molecule has 1 aliphatic heterocycles. The van der Waals surface area contributed by atoms with Gasteiger partial charge in [-0.3, -0.25) is 14.0 Å². The highest BCUT2D eigenvalue weighted by Gasteiger charge is 2.23. The molecule has 0 amide bonds. The number of aliphatic hydroxyl groups excluding tert-OH is 1. The molecule has 0 unspecified atom stereocenters. The van der Waals surface area contributed by atoms with Gasteiger partial charge in [0.05, 0.1) is 12.4 Å². The summed E-state index contributed by atoms with van der Waals surface area (Å²) in [5.74, 6) is -0.193. The molecular weight excluding hydrogens is 302 g/mol. The highest BCUT2D eigenvalue weighted by molar-refractivity contribution is 7.85. The van der Waals surface area contributed by atoms with Crippen LogP contribution in [0.3, 0.4) is 0 Å². The number of likely N-dealkylation sites (tertiary alicyclic amines) is 1. The maximum Gasteiger partial charge on any atom is 0.264 e. The van der Waals surface area contributed by atoms with Crippen molar-refractivity contribution in [3.63, 3.8) is 0 Å². The molecule has 19 heavy (non-hydrogen) atoms. The summed E-state index contributed by atoms with van der Waals surface area (Å²) in [6, 6.07) is 0.177. The maximum atomic E-state index is 10.4. The fourth-order valence-electron chi connectivity index (χ4n) is 1.85. The summed E-state index contributed by atoms with van der Waals surface area (Å²) < 4.78 is 62.2. The molecule has 9 nitrogen and oxygen atoms in total. The van der Waals surface area contributed by atoms with E-state index in [0.29, 0.717) is 13.0 Å². The molecule has 1 atom stereocenters. The fraction of sp³-hybridized carbons (Fsp3) is 1.00. The van der Waals surface area contributed by atoms with Crippen molar-refractivity contribution in [1.82, 2.24) is 4.90 Å². The minimum absolute atomic E-state index is 0.131. The van der Waals surface area contributed by atoms with Crippen LogP contribution in [0.1, 0.15) is 19.3 Å². The Morgan fingerprint density at radius 3 is 2.16 bits per heavy atom. The molecule has 1 saturated heterocycles. The highest BCUT2D eigenvalue weighted by atomic mass is 32.3. The lowest BCUT2D eigenvalue weighted by atomic mass is 10.2. The number of nitrogens with zero attached hydrogens (tertiary/aromatic N) is 1. The van der Waals surface area contributed by atoms with Gasteiger partial charge in [0.2, 0.25) is 10.4 Å². The second-order valence-corrected chi connectivity index (χ2v) is 6.51. The Balaban J connectivity index is 0.000000555. The zero-order chi connectivity index (χ0) is 15.1. The molecule has 0 radical (unpaired) electrons. The second-order valence-electron chi connectivity index (χ2n) is 4.08. The molecule has 11 heteroatoms. The fourth-order valence-corrected chi connectivity index (χ4v) is 2.34. The monoisotopic (exact) mass is 320 g/mol. The van der Waals surface area contributed by atoms with Crippen LogP contribution in [-0.2, 0) is 20.5 Å². The van der Waals surface area contributed by atoms with E-state index in [1.165, 1.54) is 0 Å². The lowest BCUT2D eigenvalue weighted by Crippen LogP contribution is -2.33. The van der Waals surface area contributed by atoms with Crippen LogP contribution in [0.2, 0.25) is 0 Å². The van der Waals surface area contributed by atoms with Crippen LogP contribution in [0.15, 0.2) is 0 Å². The summed E-state index contributed by atoms with van der Waals surface area (Å²) in [7, 11) is -8.75. The summed E-state index contributed by atoms with van der Waals surface area (Å²) in [5.41, 5.74) is 0. The van der Waals surface area contributed by atoms with E-state index in [4.69, 9.17) is 27.2 Å². The normalized spacial score (nSPS) is 20.9. The van der Waals surface area contributed by atoms with Gasteiger partial charge in [0.1, 0.15) is 0 Å². The molecule has 1 fully saturated rings. The number of rotatable bonds is 5. The molecule has 0 spiro atoms. The second kappa shape index (κ2) is 8.09. The van der Waals surface area contributed by atoms with Crippen molar-refractivity contribution >= 4 is 20.5 Å². The van der Waals surface area contributed by atoms with E-state index in [9.17, 15) is 8.42 Å². The molecule has 1 aliphatic rings. The van der Waals surface area contributed by atoms with Crippen molar-refractivity contribution in [3.8, 4) is 0 Å². The smallest absolute Gasteiger partial charge is 0.264 e. The third kappa shape index (κ3) is 12.5. The molecule has 0 aliphatic carbocycles. The Morgan fingerprint density at radius 1 is 1.21 bits per heavy atom. The zero-order valence-electron chi connectivity index (χ0n) is 10.2. The van der Waals surface area contributed by atoms with Crippen LogP contribution in [-0.4, -0.2) is 72.0 Å². The van der Waals surface area contributed by atoms with Crippen molar-refractivity contribution in [2.75, 3.05) is 25.4 Å². The SMILES string of the molecule is O=S(=O)(O)CCCN1CCC[C@H]1CO.O=S(=O)([O-])O. The van der Waals surface area contributed by atoms with Crippen molar-refractivity contribution in [2.24, 2.45) is 0 Å². The zero-order valence-corrected chi connectivity index (χ0v) is 11.8. The summed E-state index contributed by atoms with van der Waals surface area (Å²) in [4.78, 5) is 2.07. The molecule has 1 rings (SSSR count). The average Bonchev–Trinajstić information content (AvgIpc) is 2.60. The first-order chi connectivity index (χ1) is 8.53. The Hall–Kier alpha value is -0.300. The van der Waals surface area contributed by atoms with E-state index in [2.05, 4.69) is 4.90 Å². The molecule has 0 aromatic carbocycles. The molecule has 116 valence electrons. The average molecular weight is 320 g/mol. The van der Waals surface area contributed by atoms with Crippen molar-refractivity contribution in [1.29, 1.82) is 0 Å². The predicted octanol–water partition coefficient (Wildman–Crippen LogP) is -1.27. The standard InChI is InChI=1S/C8H17NO4S.H2O4S/c10-7-8-3-1-4-9(8)5-2-6-14(11,12)13;1-5(2,3)4/h8,10H,1-7H2,(H,11,12,13);(H2,1,2,3,4)/p-1/t8-;/m0./s1. The number of hydrogen-bond acceptors (Lipinski definition) is 7. The Bertz CT molecular complexity index is 437. The van der Waals surface area contributed by atoms with E-state index in [1.54, 1.807) is 0 Å². The highest BCUT2D eigenvalue weighted by Crippen LogP contribution is 2.16. The predicted molar refractivity (Wildman–Crippen MR) is 65.0 cm³/mol. The summed E-state index contributed by atoms with van der Waals surface area (Å²) >= 11 is 0. The minimum Gasteiger partial charge on any atom is -0.726 e. The van der Waals surface area contributed by atoms with Gasteiger partial charge in [0.15, 0.2) is 0 Å². The van der Waals surface area contributed by atoms with Gasteiger partial charge < -0.3 is 9.66 Å². The van der Waals surface area contributed by atoms with Crippen molar-refractivity contribution < 1.29 is 35.6 Å². The first kappa shape index (κ1) is 18.7. The largest absolute Gasteiger partial charge is 0.726 e. The van der Waals surface area contributed by atoms with Crippen LogP contribution >= 0.6 is 0 Å². The van der Waals surface area contributed by atoms with E-state index >= 15 is 0 Å². The van der Waals surface area contributed by atoms with Gasteiger partial charge in [0, 0.05) is 6.04 Å². The van der Waals surface area contributed by atoms with Crippen molar-refractivity contribution in [2.45, 2.75) is 25.3 Å². The number of hydrogen-bond donors (Lipinski definition) is 3. The van der Waals surface area contributed by atoms with Gasteiger partial charge in [-0.2, -0.15) is 8.42 Å². The molecular formula is C8H18NO8S2-. The molecule has 0 aromatic heterocycles. The third-order valence-electron chi connectivity index (χ3n) is 2.56. The van der Waals surface area contributed by atoms with Crippen LogP contribution in [0.4, 0.5) is 0 Å². The first-order valence-corrected chi connectivity index (χ1v) is 8.48. The Kier molecular flexibility index (Phi) is 7.96. The maximum absolute atomic E-state index is 10.4. The molecule has 0 bridgehead atoms. The summed E-state index contributed by atoms with van der Waals surface area (Å²) in [6.07, 6.45) is 2.45. The van der Waals surface area contributed by atoms with Gasteiger partial charge in [-0.15, -0.1) is 0 Å². The van der Waals surface area contributed by atoms with E-state index in [0.717, 1.165) is 19.4 Å². The summed E-state index contributed by atoms with van der Waals surface area (Å²) in [5, 5.41) is 8.99. The lowest BCUT2D eigenvalue weighted by molar-refractivity contribution is 0.159. The molecule has 0 aromatic rings. The van der Waals surface area contributed by atoms with Crippen LogP contribution in [0.25, 0.3) is 0 Å². The summed E-state index contributed by atoms with van der Waals surface area (Å²) in [6.45, 7) is 1.67. The topological polar surface area (TPSA) is 155 Å². The van der Waals surface area contributed by atoms with Gasteiger partial charge >= 0.3 is 0 Å². The van der Waals surface area contributed by atoms with Crippen LogP contribution in [0.5, 0.6) is 0 Å². The van der Waals surface area contributed by atoms with Crippen molar-refractivity contribution in [3.05, 3.63) is 0 Å². The third-order valence-corrected chi connectivity index (χ3v) is 3.36. The van der Waals surface area contributed by atoms with Gasteiger partial charge in [-0.1, -0.05) is 0 Å². The molecule has 3 N–H and O–H groups in total. The van der Waals surface area contributed by atoms with Gasteiger partial charge in [-0.25, -0.2) is 8.42 Å². The Morgan fingerprint density at radius 2 is 1.74 bits per heavy atom. The molecule has 0 saturated carbocycles. The first-order valence-electron chi connectivity index (χ1n) is 5.51.